The van der Waals surface area contributed by atoms with Gasteiger partial charge in [-0.3, -0.25) is 4.98 Å². The number of aromatic nitrogens is 5. The Balaban J connectivity index is 1.42. The van der Waals surface area contributed by atoms with Crippen molar-refractivity contribution in [3.8, 4) is 5.88 Å². The molecule has 0 radical (unpaired) electrons. The molecule has 4 rings (SSSR count). The fourth-order valence-corrected chi connectivity index (χ4v) is 3.56. The Hall–Kier alpha value is -3.36. The molecule has 0 aliphatic carbocycles. The molecule has 9 heteroatoms. The summed E-state index contributed by atoms with van der Waals surface area (Å²) in [6.45, 7) is 9.66. The van der Waals surface area contributed by atoms with Gasteiger partial charge in [0.2, 0.25) is 5.89 Å². The zero-order valence-electron chi connectivity index (χ0n) is 18.3. The van der Waals surface area contributed by atoms with Crippen LogP contribution in [0.3, 0.4) is 0 Å². The van der Waals surface area contributed by atoms with Crippen LogP contribution >= 0.6 is 0 Å². The number of rotatable bonds is 6. The minimum Gasteiger partial charge on any atom is -0.356 e. The fourth-order valence-electron chi connectivity index (χ4n) is 3.56. The number of nitrogens with zero attached hydrogens (tertiary/aromatic N) is 7. The molecule has 0 aromatic carbocycles. The normalized spacial score (nSPS) is 15.5. The van der Waals surface area contributed by atoms with E-state index in [1.807, 2.05) is 26.0 Å². The van der Waals surface area contributed by atoms with Gasteiger partial charge in [-0.2, -0.15) is 9.97 Å². The number of pyridine rings is 1. The lowest BCUT2D eigenvalue weighted by molar-refractivity contribution is 0.321. The molecule has 0 saturated carbocycles. The standard InChI is InChI=1S/C22H27N7O2/c1-14(2)19-26-22(31-28-19)17-7-10-29(11-8-17)20-15(3)21(25-13-24-20)30-27-16(4)18-6-5-9-23-12-18/h5-6,9,12-14,17H,7-8,10-11H2,1-4H3/b27-16-. The van der Waals surface area contributed by atoms with Crippen LogP contribution in [0.1, 0.15) is 68.3 Å². The maximum atomic E-state index is 5.65. The van der Waals surface area contributed by atoms with Crippen molar-refractivity contribution in [1.82, 2.24) is 25.1 Å². The van der Waals surface area contributed by atoms with Crippen LogP contribution in [-0.2, 0) is 0 Å². The molecule has 9 nitrogen and oxygen atoms in total. The number of hydrogen-bond donors (Lipinski definition) is 0. The Morgan fingerprint density at radius 1 is 1.26 bits per heavy atom. The summed E-state index contributed by atoms with van der Waals surface area (Å²) in [5, 5.41) is 8.32. The second-order valence-electron chi connectivity index (χ2n) is 8.04. The smallest absolute Gasteiger partial charge is 0.256 e. The molecular weight excluding hydrogens is 394 g/mol. The van der Waals surface area contributed by atoms with Gasteiger partial charge in [0.25, 0.3) is 5.88 Å². The van der Waals surface area contributed by atoms with Crippen LogP contribution in [0.5, 0.6) is 5.88 Å². The van der Waals surface area contributed by atoms with Crippen LogP contribution in [0.4, 0.5) is 5.82 Å². The second kappa shape index (κ2) is 9.20. The molecule has 1 aliphatic heterocycles. The van der Waals surface area contributed by atoms with Gasteiger partial charge >= 0.3 is 0 Å². The van der Waals surface area contributed by atoms with Gasteiger partial charge in [-0.15, -0.1) is 0 Å². The Labute approximate surface area is 181 Å². The highest BCUT2D eigenvalue weighted by molar-refractivity contribution is 5.98. The first-order valence-electron chi connectivity index (χ1n) is 10.5. The van der Waals surface area contributed by atoms with E-state index in [9.17, 15) is 0 Å². The molecule has 3 aromatic rings. The van der Waals surface area contributed by atoms with Crippen molar-refractivity contribution in [2.24, 2.45) is 5.16 Å². The number of anilines is 1. The zero-order chi connectivity index (χ0) is 21.8. The highest BCUT2D eigenvalue weighted by Crippen LogP contribution is 2.32. The van der Waals surface area contributed by atoms with Gasteiger partial charge in [-0.25, -0.2) is 4.98 Å². The maximum absolute atomic E-state index is 5.65. The molecule has 0 bridgehead atoms. The molecule has 1 saturated heterocycles. The minimum absolute atomic E-state index is 0.268. The molecule has 0 atom stereocenters. The third-order valence-corrected chi connectivity index (χ3v) is 5.48. The van der Waals surface area contributed by atoms with Crippen LogP contribution in [0.25, 0.3) is 0 Å². The lowest BCUT2D eigenvalue weighted by Crippen LogP contribution is -2.34. The topological polar surface area (TPSA) is 102 Å². The molecule has 31 heavy (non-hydrogen) atoms. The lowest BCUT2D eigenvalue weighted by atomic mass is 9.96. The molecule has 162 valence electrons. The number of piperidine rings is 1. The van der Waals surface area contributed by atoms with Crippen molar-refractivity contribution in [2.75, 3.05) is 18.0 Å². The van der Waals surface area contributed by atoms with Crippen LogP contribution < -0.4 is 9.74 Å². The Bertz CT molecular complexity index is 1040. The molecule has 1 fully saturated rings. The van der Waals surface area contributed by atoms with E-state index in [4.69, 9.17) is 9.36 Å². The lowest BCUT2D eigenvalue weighted by Gasteiger charge is -2.32. The largest absolute Gasteiger partial charge is 0.356 e. The van der Waals surface area contributed by atoms with E-state index in [0.29, 0.717) is 5.88 Å². The van der Waals surface area contributed by atoms with E-state index in [0.717, 1.165) is 60.3 Å². The van der Waals surface area contributed by atoms with E-state index in [1.54, 1.807) is 12.4 Å². The van der Waals surface area contributed by atoms with E-state index >= 15 is 0 Å². The molecule has 3 aromatic heterocycles. The van der Waals surface area contributed by atoms with Gasteiger partial charge in [0.05, 0.1) is 11.3 Å². The van der Waals surface area contributed by atoms with Gasteiger partial charge in [-0.05, 0) is 38.8 Å². The van der Waals surface area contributed by atoms with Crippen molar-refractivity contribution in [3.05, 3.63) is 53.7 Å². The second-order valence-corrected chi connectivity index (χ2v) is 8.04. The summed E-state index contributed by atoms with van der Waals surface area (Å²) in [5.74, 6) is 3.38. The molecule has 0 unspecified atom stereocenters. The summed E-state index contributed by atoms with van der Waals surface area (Å²) in [7, 11) is 0. The monoisotopic (exact) mass is 421 g/mol. The summed E-state index contributed by atoms with van der Waals surface area (Å²) in [5.41, 5.74) is 2.50. The summed E-state index contributed by atoms with van der Waals surface area (Å²) in [4.78, 5) is 25.3. The molecule has 4 heterocycles. The Morgan fingerprint density at radius 2 is 2.06 bits per heavy atom. The Morgan fingerprint density at radius 3 is 2.74 bits per heavy atom. The van der Waals surface area contributed by atoms with Gasteiger partial charge in [-0.1, -0.05) is 24.2 Å². The first kappa shape index (κ1) is 20.9. The molecule has 0 spiro atoms. The first-order chi connectivity index (χ1) is 15.0. The predicted octanol–water partition coefficient (Wildman–Crippen LogP) is 3.87. The predicted molar refractivity (Wildman–Crippen MR) is 116 cm³/mol. The van der Waals surface area contributed by atoms with Crippen LogP contribution in [-0.4, -0.2) is 43.9 Å². The van der Waals surface area contributed by atoms with Crippen molar-refractivity contribution < 1.29 is 9.36 Å². The third-order valence-electron chi connectivity index (χ3n) is 5.48. The van der Waals surface area contributed by atoms with E-state index in [1.165, 1.54) is 6.33 Å². The SMILES string of the molecule is C/C(=N/Oc1ncnc(N2CCC(c3nc(C(C)C)no3)CC2)c1C)c1cccnc1. The van der Waals surface area contributed by atoms with Gasteiger partial charge in [0.1, 0.15) is 12.1 Å². The highest BCUT2D eigenvalue weighted by Gasteiger charge is 2.27. The van der Waals surface area contributed by atoms with E-state index < -0.39 is 0 Å². The summed E-state index contributed by atoms with van der Waals surface area (Å²) >= 11 is 0. The van der Waals surface area contributed by atoms with Crippen molar-refractivity contribution in [1.29, 1.82) is 0 Å². The first-order valence-corrected chi connectivity index (χ1v) is 10.5. The molecule has 0 amide bonds. The highest BCUT2D eigenvalue weighted by atomic mass is 16.6. The van der Waals surface area contributed by atoms with Gasteiger partial charge in [0, 0.05) is 42.9 Å². The number of hydrogen-bond acceptors (Lipinski definition) is 9. The summed E-state index contributed by atoms with van der Waals surface area (Å²) in [6.07, 6.45) is 6.85. The quantitative estimate of drug-likeness (QED) is 0.436. The molecular formula is C22H27N7O2. The van der Waals surface area contributed by atoms with E-state index in [-0.39, 0.29) is 11.8 Å². The fraction of sp³-hybridized carbons (Fsp3) is 0.455. The van der Waals surface area contributed by atoms with Crippen LogP contribution in [0, 0.1) is 6.92 Å². The van der Waals surface area contributed by atoms with E-state index in [2.05, 4.69) is 49.0 Å². The van der Waals surface area contributed by atoms with Gasteiger partial charge in [0.15, 0.2) is 5.82 Å². The molecule has 1 aliphatic rings. The summed E-state index contributed by atoms with van der Waals surface area (Å²) < 4.78 is 5.50. The number of oxime groups is 1. The average Bonchev–Trinajstić information content (AvgIpc) is 3.30. The maximum Gasteiger partial charge on any atom is 0.256 e. The molecule has 0 N–H and O–H groups in total. The third kappa shape index (κ3) is 4.70. The van der Waals surface area contributed by atoms with Crippen LogP contribution in [0.15, 0.2) is 40.5 Å². The zero-order valence-corrected chi connectivity index (χ0v) is 18.3. The van der Waals surface area contributed by atoms with Crippen molar-refractivity contribution >= 4 is 11.5 Å². The van der Waals surface area contributed by atoms with Crippen molar-refractivity contribution in [2.45, 2.75) is 52.4 Å². The average molecular weight is 422 g/mol. The minimum atomic E-state index is 0.268. The van der Waals surface area contributed by atoms with Crippen molar-refractivity contribution in [3.63, 3.8) is 0 Å². The summed E-state index contributed by atoms with van der Waals surface area (Å²) in [6, 6.07) is 3.80. The van der Waals surface area contributed by atoms with Gasteiger partial charge < -0.3 is 14.3 Å². The Kier molecular flexibility index (Phi) is 6.20. The van der Waals surface area contributed by atoms with Crippen LogP contribution in [0.2, 0.25) is 0 Å².